The number of pyridine rings is 1. The van der Waals surface area contributed by atoms with Gasteiger partial charge in [0.05, 0.1) is 22.5 Å². The molecule has 2 rings (SSSR count). The highest BCUT2D eigenvalue weighted by Crippen LogP contribution is 2.23. The summed E-state index contributed by atoms with van der Waals surface area (Å²) in [6.45, 7) is 1.88. The molecule has 0 aliphatic carbocycles. The standard InChI is InChI=1S/C13H12ClN3O/c1-8-5-6-16-7-11(8)17-13(18)12-9(14)3-2-4-10(12)15/h2-7H,15H2,1H3,(H,17,18). The summed E-state index contributed by atoms with van der Waals surface area (Å²) in [5.74, 6) is -0.339. The molecule has 0 aliphatic heterocycles. The molecule has 4 nitrogen and oxygen atoms in total. The number of nitrogens with two attached hydrogens (primary N) is 1. The third-order valence-corrected chi connectivity index (χ3v) is 2.88. The smallest absolute Gasteiger partial charge is 0.259 e. The Morgan fingerprint density at radius 1 is 1.39 bits per heavy atom. The zero-order chi connectivity index (χ0) is 13.1. The predicted molar refractivity (Wildman–Crippen MR) is 72.8 cm³/mol. The summed E-state index contributed by atoms with van der Waals surface area (Å²) in [4.78, 5) is 16.1. The zero-order valence-electron chi connectivity index (χ0n) is 9.77. The highest BCUT2D eigenvalue weighted by Gasteiger charge is 2.14. The van der Waals surface area contributed by atoms with Crippen molar-refractivity contribution >= 4 is 28.9 Å². The summed E-state index contributed by atoms with van der Waals surface area (Å²) in [6.07, 6.45) is 3.25. The van der Waals surface area contributed by atoms with Crippen LogP contribution in [0.4, 0.5) is 11.4 Å². The lowest BCUT2D eigenvalue weighted by Gasteiger charge is -2.10. The van der Waals surface area contributed by atoms with Crippen molar-refractivity contribution in [2.75, 3.05) is 11.1 Å². The molecular weight excluding hydrogens is 250 g/mol. The SMILES string of the molecule is Cc1ccncc1NC(=O)c1c(N)cccc1Cl. The number of halogens is 1. The van der Waals surface area contributed by atoms with E-state index in [-0.39, 0.29) is 11.5 Å². The maximum atomic E-state index is 12.1. The number of carbonyl (C=O) groups excluding carboxylic acids is 1. The predicted octanol–water partition coefficient (Wildman–Crippen LogP) is 2.88. The van der Waals surface area contributed by atoms with Crippen molar-refractivity contribution < 1.29 is 4.79 Å². The van der Waals surface area contributed by atoms with Crippen LogP contribution in [0.1, 0.15) is 15.9 Å². The van der Waals surface area contributed by atoms with Crippen LogP contribution in [0.2, 0.25) is 5.02 Å². The molecule has 0 bridgehead atoms. The van der Waals surface area contributed by atoms with E-state index in [9.17, 15) is 4.79 Å². The molecule has 0 radical (unpaired) electrons. The van der Waals surface area contributed by atoms with Crippen molar-refractivity contribution in [3.63, 3.8) is 0 Å². The molecule has 1 heterocycles. The largest absolute Gasteiger partial charge is 0.398 e. The topological polar surface area (TPSA) is 68.0 Å². The molecule has 3 N–H and O–H groups in total. The van der Waals surface area contributed by atoms with Crippen LogP contribution in [-0.2, 0) is 0 Å². The normalized spacial score (nSPS) is 10.1. The van der Waals surface area contributed by atoms with Crippen LogP contribution in [-0.4, -0.2) is 10.9 Å². The third-order valence-electron chi connectivity index (χ3n) is 2.56. The summed E-state index contributed by atoms with van der Waals surface area (Å²) in [6, 6.07) is 6.77. The second-order valence-electron chi connectivity index (χ2n) is 3.85. The minimum atomic E-state index is -0.339. The minimum Gasteiger partial charge on any atom is -0.398 e. The zero-order valence-corrected chi connectivity index (χ0v) is 10.5. The molecule has 0 atom stereocenters. The van der Waals surface area contributed by atoms with E-state index >= 15 is 0 Å². The van der Waals surface area contributed by atoms with Gasteiger partial charge in [-0.15, -0.1) is 0 Å². The summed E-state index contributed by atoms with van der Waals surface area (Å²) in [5, 5.41) is 3.07. The number of aromatic nitrogens is 1. The maximum Gasteiger partial charge on any atom is 0.259 e. The fourth-order valence-electron chi connectivity index (χ4n) is 1.56. The molecule has 92 valence electrons. The van der Waals surface area contributed by atoms with Gasteiger partial charge in [0.1, 0.15) is 0 Å². The summed E-state index contributed by atoms with van der Waals surface area (Å²) in [5.41, 5.74) is 7.94. The van der Waals surface area contributed by atoms with Gasteiger partial charge >= 0.3 is 0 Å². The number of rotatable bonds is 2. The first kappa shape index (κ1) is 12.4. The Morgan fingerprint density at radius 2 is 2.17 bits per heavy atom. The van der Waals surface area contributed by atoms with E-state index in [1.807, 2.05) is 13.0 Å². The van der Waals surface area contributed by atoms with Gasteiger partial charge in [0.25, 0.3) is 5.91 Å². The first-order valence-electron chi connectivity index (χ1n) is 5.35. The molecule has 2 aromatic rings. The van der Waals surface area contributed by atoms with Gasteiger partial charge in [-0.1, -0.05) is 17.7 Å². The number of carbonyl (C=O) groups is 1. The van der Waals surface area contributed by atoms with E-state index in [0.29, 0.717) is 16.4 Å². The molecule has 18 heavy (non-hydrogen) atoms. The number of hydrogen-bond acceptors (Lipinski definition) is 3. The first-order chi connectivity index (χ1) is 8.59. The molecule has 1 aromatic carbocycles. The lowest BCUT2D eigenvalue weighted by molar-refractivity contribution is 0.102. The van der Waals surface area contributed by atoms with Gasteiger partial charge in [0.2, 0.25) is 0 Å². The molecule has 0 spiro atoms. The molecule has 5 heteroatoms. The van der Waals surface area contributed by atoms with Crippen LogP contribution < -0.4 is 11.1 Å². The number of nitrogen functional groups attached to an aromatic ring is 1. The van der Waals surface area contributed by atoms with E-state index in [1.165, 1.54) is 0 Å². The minimum absolute atomic E-state index is 0.280. The van der Waals surface area contributed by atoms with Gasteiger partial charge in [0, 0.05) is 11.9 Å². The Balaban J connectivity index is 2.31. The van der Waals surface area contributed by atoms with Gasteiger partial charge < -0.3 is 11.1 Å². The molecule has 1 amide bonds. The number of anilines is 2. The van der Waals surface area contributed by atoms with Crippen LogP contribution in [0, 0.1) is 6.92 Å². The van der Waals surface area contributed by atoms with Gasteiger partial charge in [0.15, 0.2) is 0 Å². The fraction of sp³-hybridized carbons (Fsp3) is 0.0769. The van der Waals surface area contributed by atoms with E-state index < -0.39 is 0 Å². The summed E-state index contributed by atoms with van der Waals surface area (Å²) in [7, 11) is 0. The monoisotopic (exact) mass is 261 g/mol. The molecular formula is C13H12ClN3O. The van der Waals surface area contributed by atoms with Crippen LogP contribution >= 0.6 is 11.6 Å². The van der Waals surface area contributed by atoms with Gasteiger partial charge in [-0.2, -0.15) is 0 Å². The average Bonchev–Trinajstić information content (AvgIpc) is 2.32. The third kappa shape index (κ3) is 2.43. The molecule has 0 saturated carbocycles. The Bertz CT molecular complexity index is 578. The van der Waals surface area contributed by atoms with Crippen molar-refractivity contribution in [3.05, 3.63) is 52.8 Å². The van der Waals surface area contributed by atoms with E-state index in [0.717, 1.165) is 5.56 Å². The highest BCUT2D eigenvalue weighted by atomic mass is 35.5. The average molecular weight is 262 g/mol. The molecule has 0 fully saturated rings. The lowest BCUT2D eigenvalue weighted by atomic mass is 10.1. The van der Waals surface area contributed by atoms with Gasteiger partial charge in [-0.25, -0.2) is 0 Å². The van der Waals surface area contributed by atoms with E-state index in [4.69, 9.17) is 17.3 Å². The summed E-state index contributed by atoms with van der Waals surface area (Å²) < 4.78 is 0. The van der Waals surface area contributed by atoms with E-state index in [1.54, 1.807) is 30.6 Å². The molecule has 0 saturated heterocycles. The number of nitrogens with one attached hydrogen (secondary N) is 1. The van der Waals surface area contributed by atoms with Crippen molar-refractivity contribution in [3.8, 4) is 0 Å². The Hall–Kier alpha value is -2.07. The quantitative estimate of drug-likeness (QED) is 0.817. The molecule has 0 unspecified atom stereocenters. The molecule has 0 aliphatic rings. The maximum absolute atomic E-state index is 12.1. The highest BCUT2D eigenvalue weighted by molar-refractivity contribution is 6.35. The number of benzene rings is 1. The Kier molecular flexibility index (Phi) is 3.48. The van der Waals surface area contributed by atoms with E-state index in [2.05, 4.69) is 10.3 Å². The van der Waals surface area contributed by atoms with Crippen molar-refractivity contribution in [1.82, 2.24) is 4.98 Å². The number of aryl methyl sites for hydroxylation is 1. The van der Waals surface area contributed by atoms with Gasteiger partial charge in [-0.05, 0) is 30.7 Å². The Morgan fingerprint density at radius 3 is 2.83 bits per heavy atom. The Labute approximate surface area is 110 Å². The number of amides is 1. The van der Waals surface area contributed by atoms with Crippen molar-refractivity contribution in [2.24, 2.45) is 0 Å². The number of hydrogen-bond donors (Lipinski definition) is 2. The first-order valence-corrected chi connectivity index (χ1v) is 5.73. The fourth-order valence-corrected chi connectivity index (χ4v) is 1.83. The van der Waals surface area contributed by atoms with Crippen molar-refractivity contribution in [1.29, 1.82) is 0 Å². The van der Waals surface area contributed by atoms with Gasteiger partial charge in [-0.3, -0.25) is 9.78 Å². The second-order valence-corrected chi connectivity index (χ2v) is 4.26. The summed E-state index contributed by atoms with van der Waals surface area (Å²) >= 11 is 5.97. The van der Waals surface area contributed by atoms with Crippen LogP contribution in [0.5, 0.6) is 0 Å². The molecule has 1 aromatic heterocycles. The van der Waals surface area contributed by atoms with Crippen LogP contribution in [0.15, 0.2) is 36.7 Å². The van der Waals surface area contributed by atoms with Crippen LogP contribution in [0.25, 0.3) is 0 Å². The number of nitrogens with zero attached hydrogens (tertiary/aromatic N) is 1. The van der Waals surface area contributed by atoms with Crippen molar-refractivity contribution in [2.45, 2.75) is 6.92 Å². The lowest BCUT2D eigenvalue weighted by Crippen LogP contribution is -2.15. The second kappa shape index (κ2) is 5.06. The van der Waals surface area contributed by atoms with Crippen LogP contribution in [0.3, 0.4) is 0 Å².